The molecule has 2 nitrogen and oxygen atoms in total. The summed E-state index contributed by atoms with van der Waals surface area (Å²) in [6, 6.07) is 7.43. The van der Waals surface area contributed by atoms with Crippen LogP contribution >= 0.6 is 78.3 Å². The smallest absolute Gasteiger partial charge is 0.158 e. The van der Waals surface area contributed by atoms with Gasteiger partial charge in [-0.25, -0.2) is 0 Å². The molecule has 0 spiro atoms. The van der Waals surface area contributed by atoms with Crippen LogP contribution in [0.3, 0.4) is 0 Å². The van der Waals surface area contributed by atoms with Gasteiger partial charge in [-0.2, -0.15) is 0 Å². The molecule has 2 rings (SSSR count). The Labute approximate surface area is 209 Å². The lowest BCUT2D eigenvalue weighted by Gasteiger charge is -2.28. The Morgan fingerprint density at radius 2 is 1.00 bits per heavy atom. The number of benzene rings is 2. The lowest BCUT2D eigenvalue weighted by molar-refractivity contribution is 0.290. The molecule has 2 atom stereocenters. The third kappa shape index (κ3) is 6.11. The quantitative estimate of drug-likeness (QED) is 0.278. The van der Waals surface area contributed by atoms with Gasteiger partial charge < -0.3 is 9.47 Å². The lowest BCUT2D eigenvalue weighted by atomic mass is 9.78. The van der Waals surface area contributed by atoms with Gasteiger partial charge in [0.2, 0.25) is 0 Å². The first kappa shape index (κ1) is 25.4. The third-order valence-corrected chi connectivity index (χ3v) is 7.37. The van der Waals surface area contributed by atoms with Gasteiger partial charge in [0.25, 0.3) is 0 Å². The minimum atomic E-state index is -0.464. The third-order valence-electron chi connectivity index (χ3n) is 4.57. The number of alkyl halides is 2. The van der Waals surface area contributed by atoms with E-state index in [1.54, 1.807) is 0 Å². The molecule has 0 N–H and O–H groups in total. The second-order valence-electron chi connectivity index (χ2n) is 7.04. The van der Waals surface area contributed by atoms with Crippen molar-refractivity contribution in [2.45, 2.75) is 56.0 Å². The van der Waals surface area contributed by atoms with Crippen LogP contribution in [0.2, 0.25) is 20.1 Å². The summed E-state index contributed by atoms with van der Waals surface area (Å²) < 4.78 is 11.6. The van der Waals surface area contributed by atoms with E-state index in [9.17, 15) is 0 Å². The molecule has 2 aromatic rings. The zero-order valence-electron chi connectivity index (χ0n) is 16.5. The molecular weight excluding hydrogens is 586 g/mol. The van der Waals surface area contributed by atoms with Crippen molar-refractivity contribution < 1.29 is 9.47 Å². The first-order chi connectivity index (χ1) is 13.5. The summed E-state index contributed by atoms with van der Waals surface area (Å²) in [7, 11) is 0. The maximum absolute atomic E-state index is 6.48. The average molecular weight is 608 g/mol. The molecule has 0 aliphatic heterocycles. The van der Waals surface area contributed by atoms with Crippen molar-refractivity contribution in [1.29, 1.82) is 0 Å². The summed E-state index contributed by atoms with van der Waals surface area (Å²) in [5.41, 5.74) is 1.36. The lowest BCUT2D eigenvalue weighted by Crippen LogP contribution is -2.20. The Balaban J connectivity index is 2.45. The summed E-state index contributed by atoms with van der Waals surface area (Å²) in [6.45, 7) is 8.10. The van der Waals surface area contributed by atoms with Crippen LogP contribution < -0.4 is 9.47 Å². The molecule has 0 fully saturated rings. The van der Waals surface area contributed by atoms with Crippen LogP contribution in [0.5, 0.6) is 11.5 Å². The predicted molar refractivity (Wildman–Crippen MR) is 132 cm³/mol. The van der Waals surface area contributed by atoms with Gasteiger partial charge >= 0.3 is 0 Å². The van der Waals surface area contributed by atoms with E-state index in [-0.39, 0.29) is 10.0 Å². The summed E-state index contributed by atoms with van der Waals surface area (Å²) in [4.78, 5) is 0. The molecule has 0 saturated carbocycles. The Morgan fingerprint density at radius 3 is 1.24 bits per heavy atom. The van der Waals surface area contributed by atoms with Gasteiger partial charge in [0, 0.05) is 5.41 Å². The maximum Gasteiger partial charge on any atom is 0.158 e. The van der Waals surface area contributed by atoms with E-state index in [0.29, 0.717) is 31.6 Å². The van der Waals surface area contributed by atoms with Crippen LogP contribution in [0.1, 0.15) is 51.7 Å². The largest absolute Gasteiger partial charge is 0.476 e. The number of hydrogen-bond donors (Lipinski definition) is 0. The standard InChI is InChI=1S/C21H22Br2Cl4O2/c1-5-17(22)28-19-13(24)7-11(8-14(19)25)21(3,4)12-9-15(26)20(16(27)10-12)29-18(23)6-2/h7-10,17-18H,5-6H2,1-4H3. The van der Waals surface area contributed by atoms with Crippen LogP contribution in [0.15, 0.2) is 24.3 Å². The van der Waals surface area contributed by atoms with Crippen molar-refractivity contribution in [3.05, 3.63) is 55.5 Å². The molecule has 0 saturated heterocycles. The van der Waals surface area contributed by atoms with Crippen LogP contribution in [-0.2, 0) is 5.41 Å². The summed E-state index contributed by atoms with van der Waals surface area (Å²) in [6.07, 6.45) is 1.55. The minimum Gasteiger partial charge on any atom is -0.476 e. The Hall–Kier alpha value is 0.160. The van der Waals surface area contributed by atoms with Crippen molar-refractivity contribution in [2.75, 3.05) is 0 Å². The summed E-state index contributed by atoms with van der Waals surface area (Å²) in [5.74, 6) is 0.915. The fraction of sp³-hybridized carbons (Fsp3) is 0.429. The normalized spacial score (nSPS) is 13.9. The van der Waals surface area contributed by atoms with Gasteiger partial charge in [-0.15, -0.1) is 0 Å². The minimum absolute atomic E-state index is 0.164. The van der Waals surface area contributed by atoms with E-state index in [4.69, 9.17) is 55.9 Å². The van der Waals surface area contributed by atoms with Crippen LogP contribution in [-0.4, -0.2) is 10.0 Å². The first-order valence-corrected chi connectivity index (χ1v) is 12.5. The van der Waals surface area contributed by atoms with E-state index in [0.717, 1.165) is 24.0 Å². The number of hydrogen-bond acceptors (Lipinski definition) is 2. The second kappa shape index (κ2) is 10.7. The molecule has 0 bridgehead atoms. The van der Waals surface area contributed by atoms with Crippen LogP contribution in [0.25, 0.3) is 0 Å². The zero-order valence-corrected chi connectivity index (χ0v) is 22.7. The molecule has 160 valence electrons. The zero-order chi connectivity index (χ0) is 21.9. The number of halogens is 6. The highest BCUT2D eigenvalue weighted by Gasteiger charge is 2.28. The fourth-order valence-corrected chi connectivity index (χ4v) is 4.18. The highest BCUT2D eigenvalue weighted by Crippen LogP contribution is 2.44. The molecule has 0 heterocycles. The van der Waals surface area contributed by atoms with Gasteiger partial charge in [-0.1, -0.05) is 74.1 Å². The molecule has 8 heteroatoms. The summed E-state index contributed by atoms with van der Waals surface area (Å²) in [5, 5.41) is 1.45. The van der Waals surface area contributed by atoms with E-state index >= 15 is 0 Å². The second-order valence-corrected chi connectivity index (χ2v) is 10.7. The van der Waals surface area contributed by atoms with Gasteiger partial charge in [-0.3, -0.25) is 0 Å². The Kier molecular flexibility index (Phi) is 9.34. The monoisotopic (exact) mass is 604 g/mol. The van der Waals surface area contributed by atoms with Crippen molar-refractivity contribution >= 4 is 78.3 Å². The molecule has 0 aliphatic carbocycles. The van der Waals surface area contributed by atoms with E-state index in [2.05, 4.69) is 45.7 Å². The van der Waals surface area contributed by atoms with Gasteiger partial charge in [0.05, 0.1) is 20.1 Å². The van der Waals surface area contributed by atoms with Crippen LogP contribution in [0, 0.1) is 0 Å². The Bertz CT molecular complexity index is 758. The summed E-state index contributed by atoms with van der Waals surface area (Å²) >= 11 is 32.8. The van der Waals surface area contributed by atoms with Crippen LogP contribution in [0.4, 0.5) is 0 Å². The number of ether oxygens (including phenoxy) is 2. The van der Waals surface area contributed by atoms with E-state index in [1.165, 1.54) is 0 Å². The molecule has 0 radical (unpaired) electrons. The van der Waals surface area contributed by atoms with Crippen molar-refractivity contribution in [1.82, 2.24) is 0 Å². The molecular formula is C21H22Br2Cl4O2. The van der Waals surface area contributed by atoms with Gasteiger partial charge in [0.1, 0.15) is 0 Å². The van der Waals surface area contributed by atoms with Crippen molar-refractivity contribution in [3.63, 3.8) is 0 Å². The van der Waals surface area contributed by atoms with Gasteiger partial charge in [0.15, 0.2) is 21.5 Å². The Morgan fingerprint density at radius 1 is 0.724 bits per heavy atom. The molecule has 2 aromatic carbocycles. The topological polar surface area (TPSA) is 18.5 Å². The fourth-order valence-electron chi connectivity index (χ4n) is 2.66. The highest BCUT2D eigenvalue weighted by molar-refractivity contribution is 9.09. The maximum atomic E-state index is 6.48. The first-order valence-electron chi connectivity index (χ1n) is 9.11. The van der Waals surface area contributed by atoms with E-state index in [1.807, 2.05) is 38.1 Å². The SMILES string of the molecule is CCC(Br)Oc1c(Cl)cc(C(C)(C)c2cc(Cl)c(OC(Br)CC)c(Cl)c2)cc1Cl. The molecule has 2 unspecified atom stereocenters. The van der Waals surface area contributed by atoms with Crippen molar-refractivity contribution in [2.24, 2.45) is 0 Å². The van der Waals surface area contributed by atoms with Crippen molar-refractivity contribution in [3.8, 4) is 11.5 Å². The average Bonchev–Trinajstić information content (AvgIpc) is 2.66. The predicted octanol–water partition coefficient (Wildman–Crippen LogP) is 9.65. The molecule has 29 heavy (non-hydrogen) atoms. The number of rotatable bonds is 8. The molecule has 0 aliphatic rings. The molecule has 0 aromatic heterocycles. The highest BCUT2D eigenvalue weighted by atomic mass is 79.9. The molecule has 0 amide bonds. The van der Waals surface area contributed by atoms with Gasteiger partial charge in [-0.05, 0) is 80.1 Å². The van der Waals surface area contributed by atoms with E-state index < -0.39 is 5.41 Å².